The number of rotatable bonds is 3. The molecule has 0 radical (unpaired) electrons. The van der Waals surface area contributed by atoms with Crippen molar-refractivity contribution >= 4 is 28.4 Å². The number of benzene rings is 2. The van der Waals surface area contributed by atoms with E-state index < -0.39 is 12.5 Å². The summed E-state index contributed by atoms with van der Waals surface area (Å²) in [7, 11) is 1.91. The molecule has 6 nitrogen and oxygen atoms in total. The number of aryl methyl sites for hydroxylation is 1. The lowest BCUT2D eigenvalue weighted by atomic mass is 9.84. The molecule has 1 atom stereocenters. The summed E-state index contributed by atoms with van der Waals surface area (Å²) in [4.78, 5) is 26.6. The van der Waals surface area contributed by atoms with Crippen LogP contribution in [0.15, 0.2) is 59.9 Å². The van der Waals surface area contributed by atoms with E-state index in [1.54, 1.807) is 12.1 Å². The summed E-state index contributed by atoms with van der Waals surface area (Å²) in [5.41, 5.74) is 4.38. The average molecular weight is 423 g/mol. The summed E-state index contributed by atoms with van der Waals surface area (Å²) in [5, 5.41) is 4.31. The first kappa shape index (κ1) is 19.3. The van der Waals surface area contributed by atoms with E-state index in [-0.39, 0.29) is 24.1 Å². The molecule has 0 fully saturated rings. The molecule has 0 bridgehead atoms. The first-order valence-electron chi connectivity index (χ1n) is 9.80. The number of nitrogens with one attached hydrogen (secondary N) is 1. The van der Waals surface area contributed by atoms with Crippen LogP contribution in [0.25, 0.3) is 10.9 Å². The van der Waals surface area contributed by atoms with Crippen LogP contribution in [0.1, 0.15) is 24.0 Å². The van der Waals surface area contributed by atoms with Crippen molar-refractivity contribution in [1.82, 2.24) is 9.47 Å². The fraction of sp³-hybridized carbons (Fsp3) is 0.217. The van der Waals surface area contributed by atoms with Crippen LogP contribution in [-0.2, 0) is 16.6 Å². The second-order valence-corrected chi connectivity index (χ2v) is 7.71. The smallest absolute Gasteiger partial charge is 0.387 e. The number of aromatic nitrogens is 1. The SMILES string of the molecule is CC(=O)N1CC2=C(C1=O)C(c1cccc(OC(F)F)c1)c1cn(C)c3cccc(c13)N2. The largest absolute Gasteiger partial charge is 0.435 e. The van der Waals surface area contributed by atoms with E-state index >= 15 is 0 Å². The maximum absolute atomic E-state index is 13.3. The van der Waals surface area contributed by atoms with Gasteiger partial charge in [-0.2, -0.15) is 8.78 Å². The molecule has 3 aromatic rings. The molecule has 0 aliphatic carbocycles. The summed E-state index contributed by atoms with van der Waals surface area (Å²) in [6.45, 7) is -1.46. The highest BCUT2D eigenvalue weighted by atomic mass is 19.3. The van der Waals surface area contributed by atoms with Gasteiger partial charge in [0, 0.05) is 42.9 Å². The van der Waals surface area contributed by atoms with E-state index in [0.717, 1.165) is 22.2 Å². The van der Waals surface area contributed by atoms with Gasteiger partial charge in [-0.1, -0.05) is 18.2 Å². The van der Waals surface area contributed by atoms with Crippen LogP contribution in [0, 0.1) is 0 Å². The third-order valence-corrected chi connectivity index (χ3v) is 5.84. The Morgan fingerprint density at radius 2 is 2.00 bits per heavy atom. The summed E-state index contributed by atoms with van der Waals surface area (Å²) in [6, 6.07) is 12.2. The molecule has 0 saturated carbocycles. The predicted octanol–water partition coefficient (Wildman–Crippen LogP) is 3.98. The van der Waals surface area contributed by atoms with E-state index in [1.807, 2.05) is 36.0 Å². The first-order chi connectivity index (χ1) is 14.8. The molecule has 3 heterocycles. The Labute approximate surface area is 176 Å². The van der Waals surface area contributed by atoms with Crippen molar-refractivity contribution in [2.75, 3.05) is 11.9 Å². The number of amides is 2. The van der Waals surface area contributed by atoms with Crippen molar-refractivity contribution in [1.29, 1.82) is 0 Å². The van der Waals surface area contributed by atoms with Gasteiger partial charge >= 0.3 is 6.61 Å². The third kappa shape index (κ3) is 2.98. The number of hydrogen-bond acceptors (Lipinski definition) is 4. The summed E-state index contributed by atoms with van der Waals surface area (Å²) < 4.78 is 32.2. The second kappa shape index (κ2) is 6.94. The highest BCUT2D eigenvalue weighted by Gasteiger charge is 2.41. The van der Waals surface area contributed by atoms with Gasteiger partial charge in [-0.3, -0.25) is 14.5 Å². The van der Waals surface area contributed by atoms with Crippen LogP contribution in [0.3, 0.4) is 0 Å². The molecule has 2 aliphatic rings. The number of ether oxygens (including phenoxy) is 1. The normalized spacial score (nSPS) is 17.8. The van der Waals surface area contributed by atoms with Gasteiger partial charge in [-0.25, -0.2) is 0 Å². The molecule has 158 valence electrons. The van der Waals surface area contributed by atoms with Crippen LogP contribution < -0.4 is 10.1 Å². The number of hydrogen-bond donors (Lipinski definition) is 1. The molecule has 2 aromatic carbocycles. The zero-order valence-corrected chi connectivity index (χ0v) is 16.9. The van der Waals surface area contributed by atoms with E-state index in [4.69, 9.17) is 0 Å². The zero-order valence-electron chi connectivity index (χ0n) is 16.9. The van der Waals surface area contributed by atoms with Gasteiger partial charge in [0.05, 0.1) is 17.6 Å². The Morgan fingerprint density at radius 3 is 2.74 bits per heavy atom. The Hall–Kier alpha value is -3.68. The summed E-state index contributed by atoms with van der Waals surface area (Å²) in [5.74, 6) is -1.26. The number of imide groups is 1. The van der Waals surface area contributed by atoms with Gasteiger partial charge in [0.15, 0.2) is 0 Å². The Morgan fingerprint density at radius 1 is 1.23 bits per heavy atom. The van der Waals surface area contributed by atoms with Crippen molar-refractivity contribution in [3.05, 3.63) is 71.1 Å². The minimum Gasteiger partial charge on any atom is -0.435 e. The molecule has 31 heavy (non-hydrogen) atoms. The number of anilines is 1. The molecular formula is C23H19F2N3O3. The van der Waals surface area contributed by atoms with Crippen molar-refractivity contribution in [2.24, 2.45) is 7.05 Å². The summed E-state index contributed by atoms with van der Waals surface area (Å²) >= 11 is 0. The van der Waals surface area contributed by atoms with Gasteiger partial charge < -0.3 is 14.6 Å². The van der Waals surface area contributed by atoms with Crippen molar-refractivity contribution in [3.63, 3.8) is 0 Å². The number of halogens is 2. The lowest BCUT2D eigenvalue weighted by Crippen LogP contribution is -2.33. The van der Waals surface area contributed by atoms with Crippen LogP contribution in [0.5, 0.6) is 5.75 Å². The first-order valence-corrected chi connectivity index (χ1v) is 9.80. The highest BCUT2D eigenvalue weighted by molar-refractivity contribution is 6.11. The maximum Gasteiger partial charge on any atom is 0.387 e. The Balaban J connectivity index is 1.76. The monoisotopic (exact) mass is 423 g/mol. The van der Waals surface area contributed by atoms with Crippen molar-refractivity contribution in [2.45, 2.75) is 19.5 Å². The minimum absolute atomic E-state index is 0.0150. The van der Waals surface area contributed by atoms with Gasteiger partial charge in [0.1, 0.15) is 5.75 Å². The fourth-order valence-corrected chi connectivity index (χ4v) is 4.59. The average Bonchev–Trinajstić information content (AvgIpc) is 3.16. The number of alkyl halides is 2. The van der Waals surface area contributed by atoms with Gasteiger partial charge in [0.2, 0.25) is 5.91 Å². The highest BCUT2D eigenvalue weighted by Crippen LogP contribution is 2.46. The summed E-state index contributed by atoms with van der Waals surface area (Å²) in [6.07, 6.45) is 1.95. The molecule has 2 aliphatic heterocycles. The molecule has 8 heteroatoms. The van der Waals surface area contributed by atoms with Crippen LogP contribution >= 0.6 is 0 Å². The molecular weight excluding hydrogens is 404 g/mol. The van der Waals surface area contributed by atoms with Crippen molar-refractivity contribution in [3.8, 4) is 5.75 Å². The van der Waals surface area contributed by atoms with Gasteiger partial charge in [-0.05, 0) is 35.4 Å². The predicted molar refractivity (Wildman–Crippen MR) is 111 cm³/mol. The second-order valence-electron chi connectivity index (χ2n) is 7.71. The van der Waals surface area contributed by atoms with E-state index in [1.165, 1.54) is 24.0 Å². The molecule has 1 unspecified atom stereocenters. The number of carbonyl (C=O) groups is 2. The van der Waals surface area contributed by atoms with Gasteiger partial charge in [-0.15, -0.1) is 0 Å². The maximum atomic E-state index is 13.3. The molecule has 5 rings (SSSR count). The Kier molecular flexibility index (Phi) is 4.32. The van der Waals surface area contributed by atoms with Gasteiger partial charge in [0.25, 0.3) is 5.91 Å². The van der Waals surface area contributed by atoms with E-state index in [0.29, 0.717) is 16.8 Å². The lowest BCUT2D eigenvalue weighted by Gasteiger charge is -2.20. The molecule has 0 saturated heterocycles. The minimum atomic E-state index is -2.95. The van der Waals surface area contributed by atoms with Crippen molar-refractivity contribution < 1.29 is 23.1 Å². The lowest BCUT2D eigenvalue weighted by molar-refractivity contribution is -0.139. The molecule has 1 N–H and O–H groups in total. The van der Waals surface area contributed by atoms with Crippen LogP contribution in [0.4, 0.5) is 14.5 Å². The van der Waals surface area contributed by atoms with Crippen LogP contribution in [0.2, 0.25) is 0 Å². The standard InChI is InChI=1S/C23H19F2N3O3/c1-12(29)28-11-17-21(22(28)30)19(13-5-3-6-14(9-13)31-23(24)25)15-10-27(2)18-8-4-7-16(26-17)20(15)18/h3-10,19,23,26H,11H2,1-2H3. The quantitative estimate of drug-likeness (QED) is 0.692. The fourth-order valence-electron chi connectivity index (χ4n) is 4.59. The third-order valence-electron chi connectivity index (χ3n) is 5.84. The van der Waals surface area contributed by atoms with E-state index in [2.05, 4.69) is 10.1 Å². The van der Waals surface area contributed by atoms with Crippen LogP contribution in [-0.4, -0.2) is 34.4 Å². The topological polar surface area (TPSA) is 63.6 Å². The van der Waals surface area contributed by atoms with E-state index in [9.17, 15) is 18.4 Å². The molecule has 2 amide bonds. The zero-order chi connectivity index (χ0) is 21.9. The Bertz CT molecular complexity index is 1280. The number of nitrogens with zero attached hydrogens (tertiary/aromatic N) is 2. The molecule has 0 spiro atoms. The molecule has 1 aromatic heterocycles. The number of carbonyl (C=O) groups excluding carboxylic acids is 2.